The molecule has 2 rings (SSSR count). The molecule has 4 heteroatoms. The summed E-state index contributed by atoms with van der Waals surface area (Å²) in [6, 6.07) is 4.28. The quantitative estimate of drug-likeness (QED) is 0.862. The lowest BCUT2D eigenvalue weighted by Gasteiger charge is -2.23. The van der Waals surface area contributed by atoms with E-state index in [1.54, 1.807) is 0 Å². The van der Waals surface area contributed by atoms with Crippen LogP contribution >= 0.6 is 0 Å². The number of aryl methyl sites for hydroxylation is 1. The van der Waals surface area contributed by atoms with Crippen LogP contribution in [0.4, 0.5) is 5.82 Å². The standard InChI is InChI=1S/C16H28N4/c1-4-5-15-8-14(10-17)9-16(18-15)20(3)12-13-6-7-19(2)11-13/h8-9,13H,4-7,10-12,17H2,1-3H3. The molecule has 2 heterocycles. The Kier molecular flexibility index (Phi) is 5.38. The molecule has 1 unspecified atom stereocenters. The molecule has 0 aliphatic carbocycles. The molecule has 2 N–H and O–H groups in total. The zero-order chi connectivity index (χ0) is 14.5. The van der Waals surface area contributed by atoms with Crippen molar-refractivity contribution in [2.45, 2.75) is 32.7 Å². The van der Waals surface area contributed by atoms with Crippen LogP contribution in [0.5, 0.6) is 0 Å². The summed E-state index contributed by atoms with van der Waals surface area (Å²) in [4.78, 5) is 9.49. The summed E-state index contributed by atoms with van der Waals surface area (Å²) < 4.78 is 0. The average Bonchev–Trinajstić information content (AvgIpc) is 2.84. The molecular formula is C16H28N4. The highest BCUT2D eigenvalue weighted by atomic mass is 15.2. The molecule has 0 bridgehead atoms. The van der Waals surface area contributed by atoms with E-state index in [4.69, 9.17) is 10.7 Å². The van der Waals surface area contributed by atoms with E-state index in [-0.39, 0.29) is 0 Å². The predicted molar refractivity (Wildman–Crippen MR) is 85.0 cm³/mol. The van der Waals surface area contributed by atoms with Gasteiger partial charge in [0.2, 0.25) is 0 Å². The summed E-state index contributed by atoms with van der Waals surface area (Å²) in [5.74, 6) is 1.83. The maximum Gasteiger partial charge on any atom is 0.128 e. The number of likely N-dealkylation sites (tertiary alicyclic amines) is 1. The molecule has 0 aromatic carbocycles. The smallest absolute Gasteiger partial charge is 0.128 e. The van der Waals surface area contributed by atoms with E-state index in [1.807, 2.05) is 0 Å². The van der Waals surface area contributed by atoms with Crippen molar-refractivity contribution in [3.63, 3.8) is 0 Å². The first-order valence-electron chi connectivity index (χ1n) is 7.72. The molecule has 20 heavy (non-hydrogen) atoms. The highest BCUT2D eigenvalue weighted by molar-refractivity contribution is 5.42. The number of anilines is 1. The molecule has 4 nitrogen and oxygen atoms in total. The van der Waals surface area contributed by atoms with Crippen molar-refractivity contribution in [2.75, 3.05) is 38.6 Å². The van der Waals surface area contributed by atoms with Crippen molar-refractivity contribution in [2.24, 2.45) is 11.7 Å². The Morgan fingerprint density at radius 1 is 1.45 bits per heavy atom. The lowest BCUT2D eigenvalue weighted by molar-refractivity contribution is 0.395. The van der Waals surface area contributed by atoms with Crippen LogP contribution in [-0.2, 0) is 13.0 Å². The van der Waals surface area contributed by atoms with E-state index >= 15 is 0 Å². The Balaban J connectivity index is 2.07. The van der Waals surface area contributed by atoms with Crippen molar-refractivity contribution < 1.29 is 0 Å². The molecular weight excluding hydrogens is 248 g/mol. The van der Waals surface area contributed by atoms with Gasteiger partial charge in [0.25, 0.3) is 0 Å². The normalized spacial score (nSPS) is 19.5. The van der Waals surface area contributed by atoms with Crippen LogP contribution in [-0.4, -0.2) is 43.6 Å². The predicted octanol–water partition coefficient (Wildman–Crippen LogP) is 1.88. The summed E-state index contributed by atoms with van der Waals surface area (Å²) in [5, 5.41) is 0. The number of aromatic nitrogens is 1. The molecule has 112 valence electrons. The first kappa shape index (κ1) is 15.3. The summed E-state index contributed by atoms with van der Waals surface area (Å²) in [5.41, 5.74) is 8.17. The molecule has 1 aliphatic rings. The summed E-state index contributed by atoms with van der Waals surface area (Å²) in [7, 11) is 4.35. The second-order valence-electron chi connectivity index (χ2n) is 6.08. The molecule has 1 aromatic rings. The minimum Gasteiger partial charge on any atom is -0.359 e. The second-order valence-corrected chi connectivity index (χ2v) is 6.08. The molecule has 1 fully saturated rings. The summed E-state index contributed by atoms with van der Waals surface area (Å²) >= 11 is 0. The van der Waals surface area contributed by atoms with E-state index in [2.05, 4.69) is 43.0 Å². The Morgan fingerprint density at radius 2 is 2.25 bits per heavy atom. The summed E-state index contributed by atoms with van der Waals surface area (Å²) in [6.45, 7) is 6.27. The van der Waals surface area contributed by atoms with Crippen molar-refractivity contribution >= 4 is 5.82 Å². The Labute approximate surface area is 123 Å². The largest absolute Gasteiger partial charge is 0.359 e. The first-order valence-corrected chi connectivity index (χ1v) is 7.72. The highest BCUT2D eigenvalue weighted by Gasteiger charge is 2.21. The van der Waals surface area contributed by atoms with Gasteiger partial charge in [-0.25, -0.2) is 4.98 Å². The van der Waals surface area contributed by atoms with Crippen LogP contribution in [0.25, 0.3) is 0 Å². The number of rotatable bonds is 6. The maximum absolute atomic E-state index is 5.81. The minimum absolute atomic E-state index is 0.590. The van der Waals surface area contributed by atoms with Crippen LogP contribution in [0.3, 0.4) is 0 Å². The van der Waals surface area contributed by atoms with Crippen LogP contribution < -0.4 is 10.6 Å². The van der Waals surface area contributed by atoms with Crippen LogP contribution in [0.1, 0.15) is 31.0 Å². The SMILES string of the molecule is CCCc1cc(CN)cc(N(C)CC2CCN(C)C2)n1. The second kappa shape index (κ2) is 7.04. The van der Waals surface area contributed by atoms with Gasteiger partial charge < -0.3 is 15.5 Å². The van der Waals surface area contributed by atoms with Gasteiger partial charge in [-0.05, 0) is 50.0 Å². The van der Waals surface area contributed by atoms with E-state index in [1.165, 1.54) is 30.8 Å². The van der Waals surface area contributed by atoms with Gasteiger partial charge in [0.05, 0.1) is 0 Å². The molecule has 1 saturated heterocycles. The van der Waals surface area contributed by atoms with Gasteiger partial charge >= 0.3 is 0 Å². The number of nitrogens with zero attached hydrogens (tertiary/aromatic N) is 3. The van der Waals surface area contributed by atoms with E-state index in [0.29, 0.717) is 6.54 Å². The van der Waals surface area contributed by atoms with Crippen LogP contribution in [0.2, 0.25) is 0 Å². The third-order valence-corrected chi connectivity index (χ3v) is 4.08. The Hall–Kier alpha value is -1.13. The van der Waals surface area contributed by atoms with Gasteiger partial charge in [-0.1, -0.05) is 13.3 Å². The molecule has 1 aromatic heterocycles. The summed E-state index contributed by atoms with van der Waals surface area (Å²) in [6.07, 6.45) is 3.44. The fraction of sp³-hybridized carbons (Fsp3) is 0.688. The number of hydrogen-bond donors (Lipinski definition) is 1. The maximum atomic E-state index is 5.81. The molecule has 0 saturated carbocycles. The lowest BCUT2D eigenvalue weighted by Crippen LogP contribution is -2.28. The van der Waals surface area contributed by atoms with Gasteiger partial charge in [-0.15, -0.1) is 0 Å². The molecule has 1 aliphatic heterocycles. The topological polar surface area (TPSA) is 45.4 Å². The van der Waals surface area contributed by atoms with Crippen molar-refractivity contribution in [3.8, 4) is 0 Å². The molecule has 0 radical (unpaired) electrons. The molecule has 0 spiro atoms. The molecule has 1 atom stereocenters. The third kappa shape index (κ3) is 3.93. The fourth-order valence-corrected chi connectivity index (χ4v) is 2.99. The first-order chi connectivity index (χ1) is 9.62. The Morgan fingerprint density at radius 3 is 2.85 bits per heavy atom. The van der Waals surface area contributed by atoms with Gasteiger partial charge in [-0.2, -0.15) is 0 Å². The van der Waals surface area contributed by atoms with E-state index in [0.717, 1.165) is 31.1 Å². The van der Waals surface area contributed by atoms with Crippen molar-refractivity contribution in [1.82, 2.24) is 9.88 Å². The number of pyridine rings is 1. The fourth-order valence-electron chi connectivity index (χ4n) is 2.99. The van der Waals surface area contributed by atoms with Gasteiger partial charge in [-0.3, -0.25) is 0 Å². The van der Waals surface area contributed by atoms with Crippen LogP contribution in [0.15, 0.2) is 12.1 Å². The number of hydrogen-bond acceptors (Lipinski definition) is 4. The monoisotopic (exact) mass is 276 g/mol. The van der Waals surface area contributed by atoms with Gasteiger partial charge in [0.1, 0.15) is 5.82 Å². The Bertz CT molecular complexity index is 432. The lowest BCUT2D eigenvalue weighted by atomic mass is 10.1. The van der Waals surface area contributed by atoms with Crippen LogP contribution in [0, 0.1) is 5.92 Å². The third-order valence-electron chi connectivity index (χ3n) is 4.08. The zero-order valence-corrected chi connectivity index (χ0v) is 13.1. The molecule has 0 amide bonds. The van der Waals surface area contributed by atoms with Gasteiger partial charge in [0, 0.05) is 32.4 Å². The van der Waals surface area contributed by atoms with E-state index in [9.17, 15) is 0 Å². The number of nitrogens with two attached hydrogens (primary N) is 1. The van der Waals surface area contributed by atoms with E-state index < -0.39 is 0 Å². The average molecular weight is 276 g/mol. The minimum atomic E-state index is 0.590. The highest BCUT2D eigenvalue weighted by Crippen LogP contribution is 2.20. The van der Waals surface area contributed by atoms with Crippen molar-refractivity contribution in [3.05, 3.63) is 23.4 Å². The van der Waals surface area contributed by atoms with Gasteiger partial charge in [0.15, 0.2) is 0 Å². The van der Waals surface area contributed by atoms with Crippen molar-refractivity contribution in [1.29, 1.82) is 0 Å². The zero-order valence-electron chi connectivity index (χ0n) is 13.1.